The first kappa shape index (κ1) is 30.8. The summed E-state index contributed by atoms with van der Waals surface area (Å²) in [4.78, 5) is 67.9. The lowest BCUT2D eigenvalue weighted by atomic mass is 10.0. The fourth-order valence-corrected chi connectivity index (χ4v) is 4.99. The molecule has 11 nitrogen and oxygen atoms in total. The van der Waals surface area contributed by atoms with Crippen LogP contribution in [0, 0.1) is 5.92 Å². The standard InChI is InChI=1S/C28H37N5O6S/c1-17(2)24-28(39)30-21(14-19-8-5-4-6-9-19)26(37)32-25(18(3)34)27(38)29-11-12-33(16-22(35)31-24)23(36)15-20-10-7-13-40-20/h4-10,13,17-18,21,24-25,34H,11-12,14-16H2,1-3H3,(H,29,38)(H,30,39)(H,31,35)(H,32,37)/t18-,21+,24-,25+/m1/s1. The van der Waals surface area contributed by atoms with Gasteiger partial charge in [-0.1, -0.05) is 50.2 Å². The van der Waals surface area contributed by atoms with Crippen molar-refractivity contribution in [3.05, 3.63) is 58.3 Å². The normalized spacial score (nSPS) is 22.3. The van der Waals surface area contributed by atoms with Gasteiger partial charge in [0.05, 0.1) is 19.1 Å². The predicted octanol–water partition coefficient (Wildman–Crippen LogP) is -0.0171. The zero-order chi connectivity index (χ0) is 29.2. The molecule has 0 aliphatic carbocycles. The van der Waals surface area contributed by atoms with Gasteiger partial charge in [0.2, 0.25) is 29.5 Å². The summed E-state index contributed by atoms with van der Waals surface area (Å²) in [6, 6.07) is 9.31. The molecule has 12 heteroatoms. The molecule has 216 valence electrons. The van der Waals surface area contributed by atoms with Crippen LogP contribution in [0.1, 0.15) is 31.2 Å². The number of rotatable bonds is 6. The Labute approximate surface area is 237 Å². The monoisotopic (exact) mass is 571 g/mol. The van der Waals surface area contributed by atoms with Crippen molar-refractivity contribution in [2.24, 2.45) is 5.92 Å². The molecule has 3 rings (SSSR count). The van der Waals surface area contributed by atoms with Crippen LogP contribution in [-0.2, 0) is 36.8 Å². The zero-order valence-corrected chi connectivity index (χ0v) is 23.7. The number of thiophene rings is 1. The number of nitrogens with one attached hydrogen (secondary N) is 4. The molecule has 1 aliphatic heterocycles. The van der Waals surface area contributed by atoms with E-state index in [4.69, 9.17) is 0 Å². The second kappa shape index (κ2) is 14.6. The van der Waals surface area contributed by atoms with E-state index in [0.717, 1.165) is 10.4 Å². The van der Waals surface area contributed by atoms with Crippen LogP contribution in [-0.4, -0.2) is 83.4 Å². The van der Waals surface area contributed by atoms with E-state index >= 15 is 0 Å². The number of carbonyl (C=O) groups is 5. The lowest BCUT2D eigenvalue weighted by Crippen LogP contribution is -2.60. The third-order valence-corrected chi connectivity index (χ3v) is 7.39. The summed E-state index contributed by atoms with van der Waals surface area (Å²) in [6.45, 7) is 4.57. The van der Waals surface area contributed by atoms with Gasteiger partial charge >= 0.3 is 0 Å². The van der Waals surface area contributed by atoms with Crippen LogP contribution in [0.5, 0.6) is 0 Å². The van der Waals surface area contributed by atoms with Crippen molar-refractivity contribution in [2.45, 2.75) is 57.8 Å². The average Bonchev–Trinajstić information content (AvgIpc) is 3.41. The number of aliphatic hydroxyl groups excluding tert-OH is 1. The first-order valence-electron chi connectivity index (χ1n) is 13.2. The fourth-order valence-electron chi connectivity index (χ4n) is 4.30. The highest BCUT2D eigenvalue weighted by Crippen LogP contribution is 2.12. The smallest absolute Gasteiger partial charge is 0.245 e. The maximum atomic E-state index is 13.4. The Bertz CT molecular complexity index is 1170. The Morgan fingerprint density at radius 3 is 2.30 bits per heavy atom. The largest absolute Gasteiger partial charge is 0.391 e. The second-order valence-electron chi connectivity index (χ2n) is 10.1. The number of aliphatic hydroxyl groups is 1. The molecule has 40 heavy (non-hydrogen) atoms. The highest BCUT2D eigenvalue weighted by Gasteiger charge is 2.33. The Hall–Kier alpha value is -3.77. The second-order valence-corrected chi connectivity index (χ2v) is 11.2. The maximum Gasteiger partial charge on any atom is 0.245 e. The van der Waals surface area contributed by atoms with Gasteiger partial charge in [0.15, 0.2) is 0 Å². The van der Waals surface area contributed by atoms with Crippen LogP contribution in [0.4, 0.5) is 0 Å². The summed E-state index contributed by atoms with van der Waals surface area (Å²) in [5.74, 6) is -3.08. The van der Waals surface area contributed by atoms with E-state index in [1.807, 2.05) is 23.6 Å². The van der Waals surface area contributed by atoms with Crippen LogP contribution < -0.4 is 21.3 Å². The molecule has 0 unspecified atom stereocenters. The number of benzene rings is 1. The Morgan fingerprint density at radius 1 is 0.950 bits per heavy atom. The summed E-state index contributed by atoms with van der Waals surface area (Å²) in [5, 5.41) is 22.8. The van der Waals surface area contributed by atoms with Gasteiger partial charge in [-0.25, -0.2) is 0 Å². The summed E-state index contributed by atoms with van der Waals surface area (Å²) in [6.07, 6.45) is -1.03. The van der Waals surface area contributed by atoms with E-state index in [2.05, 4.69) is 21.3 Å². The first-order valence-corrected chi connectivity index (χ1v) is 14.1. The van der Waals surface area contributed by atoms with Gasteiger partial charge in [-0.05, 0) is 29.9 Å². The van der Waals surface area contributed by atoms with E-state index < -0.39 is 47.9 Å². The lowest BCUT2D eigenvalue weighted by Gasteiger charge is -2.27. The Kier molecular flexibility index (Phi) is 11.2. The summed E-state index contributed by atoms with van der Waals surface area (Å²) in [7, 11) is 0. The molecule has 1 saturated heterocycles. The molecule has 0 saturated carbocycles. The van der Waals surface area contributed by atoms with Crippen molar-refractivity contribution >= 4 is 40.9 Å². The quantitative estimate of drug-likeness (QED) is 0.328. The molecule has 0 spiro atoms. The highest BCUT2D eigenvalue weighted by atomic mass is 32.1. The van der Waals surface area contributed by atoms with Crippen molar-refractivity contribution in [2.75, 3.05) is 19.6 Å². The third kappa shape index (κ3) is 8.88. The van der Waals surface area contributed by atoms with Crippen molar-refractivity contribution < 1.29 is 29.1 Å². The summed E-state index contributed by atoms with van der Waals surface area (Å²) in [5.41, 5.74) is 0.768. The molecular formula is C28H37N5O6S. The number of carbonyl (C=O) groups excluding carboxylic acids is 5. The number of hydrogen-bond acceptors (Lipinski definition) is 7. The highest BCUT2D eigenvalue weighted by molar-refractivity contribution is 7.10. The topological polar surface area (TPSA) is 157 Å². The fraction of sp³-hybridized carbons (Fsp3) is 0.464. The molecule has 2 aromatic rings. The molecule has 4 atom stereocenters. The SMILES string of the molecule is CC(C)[C@H]1NC(=O)CN(C(=O)Cc2cccs2)CCNC(=O)[C@H]([C@@H](C)O)NC(=O)[C@H](Cc2ccccc2)NC1=O. The van der Waals surface area contributed by atoms with Crippen molar-refractivity contribution in [1.82, 2.24) is 26.2 Å². The zero-order valence-electron chi connectivity index (χ0n) is 22.9. The number of nitrogens with zero attached hydrogens (tertiary/aromatic N) is 1. The molecule has 2 heterocycles. The van der Waals surface area contributed by atoms with Gasteiger partial charge in [-0.2, -0.15) is 0 Å². The summed E-state index contributed by atoms with van der Waals surface area (Å²) >= 11 is 1.42. The van der Waals surface area contributed by atoms with Crippen LogP contribution in [0.2, 0.25) is 0 Å². The first-order chi connectivity index (χ1) is 19.0. The van der Waals surface area contributed by atoms with Crippen molar-refractivity contribution in [3.63, 3.8) is 0 Å². The molecule has 1 fully saturated rings. The van der Waals surface area contributed by atoms with Gasteiger partial charge in [0.1, 0.15) is 18.1 Å². The van der Waals surface area contributed by atoms with Crippen LogP contribution in [0.15, 0.2) is 47.8 Å². The minimum absolute atomic E-state index is 0.0129. The van der Waals surface area contributed by atoms with Crippen LogP contribution in [0.3, 0.4) is 0 Å². The van der Waals surface area contributed by atoms with E-state index in [1.54, 1.807) is 38.1 Å². The van der Waals surface area contributed by atoms with Gasteiger partial charge in [-0.3, -0.25) is 24.0 Å². The van der Waals surface area contributed by atoms with E-state index in [9.17, 15) is 29.1 Å². The lowest BCUT2D eigenvalue weighted by molar-refractivity contribution is -0.137. The summed E-state index contributed by atoms with van der Waals surface area (Å²) < 4.78 is 0. The van der Waals surface area contributed by atoms with Crippen LogP contribution >= 0.6 is 11.3 Å². The maximum absolute atomic E-state index is 13.4. The molecule has 1 aromatic carbocycles. The molecule has 0 bridgehead atoms. The Morgan fingerprint density at radius 2 is 1.68 bits per heavy atom. The third-order valence-electron chi connectivity index (χ3n) is 6.52. The molecule has 5 amide bonds. The van der Waals surface area contributed by atoms with E-state index in [0.29, 0.717) is 0 Å². The number of amides is 5. The van der Waals surface area contributed by atoms with Gasteiger partial charge in [0, 0.05) is 24.4 Å². The van der Waals surface area contributed by atoms with Gasteiger partial charge in [0.25, 0.3) is 0 Å². The molecule has 1 aliphatic rings. The molecule has 5 N–H and O–H groups in total. The minimum atomic E-state index is -1.30. The average molecular weight is 572 g/mol. The van der Waals surface area contributed by atoms with Gasteiger partial charge < -0.3 is 31.3 Å². The van der Waals surface area contributed by atoms with Gasteiger partial charge in [-0.15, -0.1) is 11.3 Å². The van der Waals surface area contributed by atoms with E-state index in [1.165, 1.54) is 23.2 Å². The van der Waals surface area contributed by atoms with Crippen molar-refractivity contribution in [3.8, 4) is 0 Å². The van der Waals surface area contributed by atoms with Crippen LogP contribution in [0.25, 0.3) is 0 Å². The molecular weight excluding hydrogens is 534 g/mol. The molecule has 1 aromatic heterocycles. The van der Waals surface area contributed by atoms with Crippen molar-refractivity contribution in [1.29, 1.82) is 0 Å². The minimum Gasteiger partial charge on any atom is -0.391 e. The van der Waals surface area contributed by atoms with E-state index in [-0.39, 0.29) is 44.3 Å². The Balaban J connectivity index is 1.89. The number of hydrogen-bond donors (Lipinski definition) is 5. The predicted molar refractivity (Wildman–Crippen MR) is 150 cm³/mol. The molecule has 0 radical (unpaired) electrons.